The normalized spacial score (nSPS) is 12.0. The minimum atomic E-state index is -0.367. The van der Waals surface area contributed by atoms with Gasteiger partial charge in [0.2, 0.25) is 0 Å². The molecule has 1 aromatic carbocycles. The van der Waals surface area contributed by atoms with Crippen molar-refractivity contribution in [3.8, 4) is 0 Å². The molecule has 0 aromatic heterocycles. The highest BCUT2D eigenvalue weighted by atomic mass is 79.9. The zero-order chi connectivity index (χ0) is 15.0. The maximum atomic E-state index is 12.9. The van der Waals surface area contributed by atoms with E-state index in [2.05, 4.69) is 33.5 Å². The monoisotopic (exact) mass is 346 g/mol. The van der Waals surface area contributed by atoms with Crippen molar-refractivity contribution in [3.63, 3.8) is 0 Å². The molecule has 20 heavy (non-hydrogen) atoms. The number of anilines is 1. The minimum Gasteiger partial charge on any atom is -0.396 e. The van der Waals surface area contributed by atoms with E-state index in [1.807, 2.05) is 0 Å². The molecule has 1 aromatic rings. The van der Waals surface area contributed by atoms with Crippen molar-refractivity contribution in [1.29, 1.82) is 0 Å². The molecule has 0 spiro atoms. The van der Waals surface area contributed by atoms with Crippen LogP contribution in [0.15, 0.2) is 22.7 Å². The van der Waals surface area contributed by atoms with E-state index in [0.29, 0.717) is 23.1 Å². The smallest absolute Gasteiger partial charge is 0.319 e. The Morgan fingerprint density at radius 2 is 2.20 bits per heavy atom. The molecule has 0 radical (unpaired) electrons. The Hall–Kier alpha value is -1.14. The van der Waals surface area contributed by atoms with Gasteiger partial charge in [0, 0.05) is 17.6 Å². The maximum absolute atomic E-state index is 12.9. The van der Waals surface area contributed by atoms with Gasteiger partial charge in [-0.15, -0.1) is 0 Å². The summed E-state index contributed by atoms with van der Waals surface area (Å²) in [4.78, 5) is 11.8. The third-order valence-corrected chi connectivity index (χ3v) is 3.62. The molecule has 0 saturated carbocycles. The highest BCUT2D eigenvalue weighted by Gasteiger charge is 2.10. The van der Waals surface area contributed by atoms with E-state index in [4.69, 9.17) is 5.11 Å². The van der Waals surface area contributed by atoms with Gasteiger partial charge in [0.25, 0.3) is 0 Å². The average Bonchev–Trinajstić information content (AvgIpc) is 2.40. The molecule has 4 nitrogen and oxygen atoms in total. The molecule has 1 unspecified atom stereocenters. The number of benzene rings is 1. The Kier molecular flexibility index (Phi) is 7.54. The molecule has 0 aliphatic carbocycles. The van der Waals surface area contributed by atoms with E-state index in [-0.39, 0.29) is 24.4 Å². The van der Waals surface area contributed by atoms with Crippen molar-refractivity contribution in [2.45, 2.75) is 26.2 Å². The second-order valence-corrected chi connectivity index (χ2v) is 5.48. The molecule has 0 fully saturated rings. The molecule has 6 heteroatoms. The Balaban J connectivity index is 2.46. The summed E-state index contributed by atoms with van der Waals surface area (Å²) in [6, 6.07) is 3.74. The van der Waals surface area contributed by atoms with Crippen molar-refractivity contribution in [2.24, 2.45) is 5.92 Å². The average molecular weight is 347 g/mol. The van der Waals surface area contributed by atoms with Crippen LogP contribution in [0.25, 0.3) is 0 Å². The largest absolute Gasteiger partial charge is 0.396 e. The van der Waals surface area contributed by atoms with Gasteiger partial charge in [-0.2, -0.15) is 0 Å². The van der Waals surface area contributed by atoms with E-state index in [1.54, 1.807) is 0 Å². The first-order valence-electron chi connectivity index (χ1n) is 6.67. The van der Waals surface area contributed by atoms with E-state index < -0.39 is 0 Å². The zero-order valence-electron chi connectivity index (χ0n) is 11.5. The van der Waals surface area contributed by atoms with Gasteiger partial charge in [-0.3, -0.25) is 0 Å². The number of rotatable bonds is 7. The lowest BCUT2D eigenvalue weighted by molar-refractivity contribution is 0.236. The van der Waals surface area contributed by atoms with Crippen LogP contribution in [0.1, 0.15) is 26.2 Å². The number of urea groups is 1. The summed E-state index contributed by atoms with van der Waals surface area (Å²) >= 11 is 3.19. The standard InChI is InChI=1S/C14H20BrFN2O2/c1-2-3-10(6-7-19)9-17-14(20)18-13-5-4-11(16)8-12(13)15/h4-5,8,10,19H,2-3,6-7,9H2,1H3,(H2,17,18,20). The van der Waals surface area contributed by atoms with Gasteiger partial charge in [-0.05, 0) is 52.9 Å². The third-order valence-electron chi connectivity index (χ3n) is 2.96. The minimum absolute atomic E-state index is 0.122. The van der Waals surface area contributed by atoms with E-state index >= 15 is 0 Å². The fraction of sp³-hybridized carbons (Fsp3) is 0.500. The van der Waals surface area contributed by atoms with Crippen LogP contribution in [0.4, 0.5) is 14.9 Å². The van der Waals surface area contributed by atoms with E-state index in [9.17, 15) is 9.18 Å². The van der Waals surface area contributed by atoms with Crippen LogP contribution in [0.5, 0.6) is 0 Å². The van der Waals surface area contributed by atoms with Gasteiger partial charge in [0.1, 0.15) is 5.82 Å². The summed E-state index contributed by atoms with van der Waals surface area (Å²) in [5, 5.41) is 14.4. The molecule has 0 saturated heterocycles. The Labute approximate surface area is 126 Å². The number of amides is 2. The SMILES string of the molecule is CCCC(CCO)CNC(=O)Nc1ccc(F)cc1Br. The number of aliphatic hydroxyl groups excluding tert-OH is 1. The summed E-state index contributed by atoms with van der Waals surface area (Å²) in [6.45, 7) is 2.70. The van der Waals surface area contributed by atoms with Gasteiger partial charge >= 0.3 is 6.03 Å². The predicted octanol–water partition coefficient (Wildman–Crippen LogP) is 3.51. The number of halogens is 2. The van der Waals surface area contributed by atoms with Gasteiger partial charge in [-0.25, -0.2) is 9.18 Å². The Morgan fingerprint density at radius 3 is 2.80 bits per heavy atom. The molecule has 0 heterocycles. The fourth-order valence-electron chi connectivity index (χ4n) is 1.93. The second kappa shape index (κ2) is 8.92. The van der Waals surface area contributed by atoms with Crippen LogP contribution in [0, 0.1) is 11.7 Å². The van der Waals surface area contributed by atoms with Gasteiger partial charge in [0.05, 0.1) is 5.69 Å². The molecule has 3 N–H and O–H groups in total. The maximum Gasteiger partial charge on any atom is 0.319 e. The third kappa shape index (κ3) is 5.88. The number of aliphatic hydroxyl groups is 1. The number of hydrogen-bond donors (Lipinski definition) is 3. The first-order valence-corrected chi connectivity index (χ1v) is 7.46. The molecule has 1 atom stereocenters. The van der Waals surface area contributed by atoms with Crippen LogP contribution < -0.4 is 10.6 Å². The van der Waals surface area contributed by atoms with Crippen LogP contribution in [-0.4, -0.2) is 24.3 Å². The summed E-state index contributed by atoms with van der Waals surface area (Å²) in [7, 11) is 0. The summed E-state index contributed by atoms with van der Waals surface area (Å²) < 4.78 is 13.4. The Bertz CT molecular complexity index is 437. The van der Waals surface area contributed by atoms with Crippen molar-refractivity contribution < 1.29 is 14.3 Å². The number of carbonyl (C=O) groups is 1. The van der Waals surface area contributed by atoms with E-state index in [1.165, 1.54) is 18.2 Å². The quantitative estimate of drug-likeness (QED) is 0.707. The molecular weight excluding hydrogens is 327 g/mol. The highest BCUT2D eigenvalue weighted by molar-refractivity contribution is 9.10. The van der Waals surface area contributed by atoms with Crippen LogP contribution in [0.2, 0.25) is 0 Å². The summed E-state index contributed by atoms with van der Waals surface area (Å²) in [5.74, 6) is -0.0961. The fourth-order valence-corrected chi connectivity index (χ4v) is 2.38. The Morgan fingerprint density at radius 1 is 1.45 bits per heavy atom. The predicted molar refractivity (Wildman–Crippen MR) is 81.2 cm³/mol. The van der Waals surface area contributed by atoms with Gasteiger partial charge in [-0.1, -0.05) is 13.3 Å². The van der Waals surface area contributed by atoms with Crippen LogP contribution in [0.3, 0.4) is 0 Å². The number of hydrogen-bond acceptors (Lipinski definition) is 2. The van der Waals surface area contributed by atoms with Crippen molar-refractivity contribution in [1.82, 2.24) is 5.32 Å². The number of carbonyl (C=O) groups excluding carboxylic acids is 1. The van der Waals surface area contributed by atoms with Crippen LogP contribution in [-0.2, 0) is 0 Å². The van der Waals surface area contributed by atoms with Crippen LogP contribution >= 0.6 is 15.9 Å². The summed E-state index contributed by atoms with van der Waals surface area (Å²) in [5.41, 5.74) is 0.512. The molecule has 112 valence electrons. The second-order valence-electron chi connectivity index (χ2n) is 4.63. The highest BCUT2D eigenvalue weighted by Crippen LogP contribution is 2.22. The molecule has 2 amide bonds. The molecule has 0 bridgehead atoms. The lowest BCUT2D eigenvalue weighted by atomic mass is 10.0. The van der Waals surface area contributed by atoms with Gasteiger partial charge < -0.3 is 15.7 Å². The lowest BCUT2D eigenvalue weighted by Gasteiger charge is -2.16. The van der Waals surface area contributed by atoms with Crippen molar-refractivity contribution in [3.05, 3.63) is 28.5 Å². The van der Waals surface area contributed by atoms with Gasteiger partial charge in [0.15, 0.2) is 0 Å². The van der Waals surface area contributed by atoms with E-state index in [0.717, 1.165) is 12.8 Å². The summed E-state index contributed by atoms with van der Waals surface area (Å²) in [6.07, 6.45) is 2.65. The molecule has 0 aliphatic rings. The van der Waals surface area contributed by atoms with Crippen molar-refractivity contribution in [2.75, 3.05) is 18.5 Å². The first kappa shape index (κ1) is 16.9. The topological polar surface area (TPSA) is 61.4 Å². The first-order chi connectivity index (χ1) is 9.56. The molecule has 1 rings (SSSR count). The number of nitrogens with one attached hydrogen (secondary N) is 2. The lowest BCUT2D eigenvalue weighted by Crippen LogP contribution is -2.33. The molecular formula is C14H20BrFN2O2. The molecule has 0 aliphatic heterocycles. The van der Waals surface area contributed by atoms with Crippen molar-refractivity contribution >= 4 is 27.6 Å². The zero-order valence-corrected chi connectivity index (χ0v) is 13.0.